The SMILES string of the molecule is CC(=O)CCS(=O)c1ccc2ccccc2c1. The fourth-order valence-electron chi connectivity index (χ4n) is 1.66. The number of Topliss-reactive ketones (excluding diaryl/α,β-unsaturated/α-hetero) is 1. The van der Waals surface area contributed by atoms with Crippen LogP contribution in [-0.4, -0.2) is 15.7 Å². The van der Waals surface area contributed by atoms with Gasteiger partial charge in [0.2, 0.25) is 0 Å². The zero-order chi connectivity index (χ0) is 12.3. The molecular formula is C14H14O2S. The molecule has 1 atom stereocenters. The fraction of sp³-hybridized carbons (Fsp3) is 0.214. The number of fused-ring (bicyclic) bond motifs is 1. The van der Waals surface area contributed by atoms with Crippen molar-refractivity contribution < 1.29 is 9.00 Å². The van der Waals surface area contributed by atoms with Crippen LogP contribution in [0.2, 0.25) is 0 Å². The Balaban J connectivity index is 2.24. The largest absolute Gasteiger partial charge is 0.300 e. The summed E-state index contributed by atoms with van der Waals surface area (Å²) in [6.45, 7) is 1.53. The highest BCUT2D eigenvalue weighted by Gasteiger charge is 2.06. The average Bonchev–Trinajstić information content (AvgIpc) is 2.35. The number of rotatable bonds is 4. The molecule has 0 saturated carbocycles. The van der Waals surface area contributed by atoms with Gasteiger partial charge in [0.15, 0.2) is 0 Å². The summed E-state index contributed by atoms with van der Waals surface area (Å²) in [6.07, 6.45) is 0.374. The van der Waals surface area contributed by atoms with E-state index in [0.29, 0.717) is 12.2 Å². The number of hydrogen-bond donors (Lipinski definition) is 0. The van der Waals surface area contributed by atoms with E-state index < -0.39 is 10.8 Å². The molecule has 0 heterocycles. The van der Waals surface area contributed by atoms with Gasteiger partial charge in [-0.3, -0.25) is 9.00 Å². The molecule has 0 aliphatic heterocycles. The third kappa shape index (κ3) is 3.01. The summed E-state index contributed by atoms with van der Waals surface area (Å²) in [6, 6.07) is 13.7. The highest BCUT2D eigenvalue weighted by Crippen LogP contribution is 2.18. The van der Waals surface area contributed by atoms with Gasteiger partial charge in [-0.15, -0.1) is 0 Å². The zero-order valence-electron chi connectivity index (χ0n) is 9.68. The Labute approximate surface area is 103 Å². The lowest BCUT2D eigenvalue weighted by molar-refractivity contribution is -0.116. The molecular weight excluding hydrogens is 232 g/mol. The van der Waals surface area contributed by atoms with Crippen molar-refractivity contribution in [3.8, 4) is 0 Å². The van der Waals surface area contributed by atoms with Crippen LogP contribution < -0.4 is 0 Å². The molecule has 0 amide bonds. The van der Waals surface area contributed by atoms with Gasteiger partial charge in [0.25, 0.3) is 0 Å². The van der Waals surface area contributed by atoms with E-state index in [4.69, 9.17) is 0 Å². The van der Waals surface area contributed by atoms with E-state index in [1.165, 1.54) is 6.92 Å². The van der Waals surface area contributed by atoms with Crippen molar-refractivity contribution in [2.24, 2.45) is 0 Å². The van der Waals surface area contributed by atoms with E-state index in [-0.39, 0.29) is 5.78 Å². The quantitative estimate of drug-likeness (QED) is 0.831. The molecule has 2 aromatic rings. The Morgan fingerprint density at radius 2 is 1.82 bits per heavy atom. The Bertz CT molecular complexity index is 575. The minimum Gasteiger partial charge on any atom is -0.300 e. The number of benzene rings is 2. The summed E-state index contributed by atoms with van der Waals surface area (Å²) >= 11 is 0. The highest BCUT2D eigenvalue weighted by molar-refractivity contribution is 7.85. The van der Waals surface area contributed by atoms with Crippen molar-refractivity contribution in [3.63, 3.8) is 0 Å². The Hall–Kier alpha value is -1.48. The van der Waals surface area contributed by atoms with Crippen molar-refractivity contribution in [1.29, 1.82) is 0 Å². The van der Waals surface area contributed by atoms with E-state index in [9.17, 15) is 9.00 Å². The van der Waals surface area contributed by atoms with Gasteiger partial charge in [-0.1, -0.05) is 30.3 Å². The standard InChI is InChI=1S/C14H14O2S/c1-11(15)8-9-17(16)14-7-6-12-4-2-3-5-13(12)10-14/h2-7,10H,8-9H2,1H3. The predicted octanol–water partition coefficient (Wildman–Crippen LogP) is 2.93. The van der Waals surface area contributed by atoms with E-state index in [0.717, 1.165) is 15.7 Å². The molecule has 0 radical (unpaired) electrons. The highest BCUT2D eigenvalue weighted by atomic mass is 32.2. The Morgan fingerprint density at radius 1 is 1.12 bits per heavy atom. The third-order valence-electron chi connectivity index (χ3n) is 2.62. The lowest BCUT2D eigenvalue weighted by Crippen LogP contribution is -2.02. The van der Waals surface area contributed by atoms with Crippen LogP contribution >= 0.6 is 0 Å². The molecule has 88 valence electrons. The first-order chi connectivity index (χ1) is 8.16. The lowest BCUT2D eigenvalue weighted by Gasteiger charge is -2.03. The van der Waals surface area contributed by atoms with Gasteiger partial charge in [-0.25, -0.2) is 0 Å². The zero-order valence-corrected chi connectivity index (χ0v) is 10.5. The second-order valence-electron chi connectivity index (χ2n) is 4.01. The first-order valence-corrected chi connectivity index (χ1v) is 6.85. The van der Waals surface area contributed by atoms with E-state index in [2.05, 4.69) is 0 Å². The Morgan fingerprint density at radius 3 is 2.53 bits per heavy atom. The summed E-state index contributed by atoms with van der Waals surface area (Å²) in [5, 5.41) is 2.22. The fourth-order valence-corrected chi connectivity index (χ4v) is 2.85. The van der Waals surface area contributed by atoms with Crippen molar-refractivity contribution in [2.75, 3.05) is 5.75 Å². The van der Waals surface area contributed by atoms with Crippen LogP contribution in [0.25, 0.3) is 10.8 Å². The maximum atomic E-state index is 12.0. The van der Waals surface area contributed by atoms with Gasteiger partial charge < -0.3 is 0 Å². The molecule has 0 spiro atoms. The number of carbonyl (C=O) groups excluding carboxylic acids is 1. The van der Waals surface area contributed by atoms with Crippen molar-refractivity contribution >= 4 is 27.4 Å². The van der Waals surface area contributed by atoms with E-state index in [1.807, 2.05) is 42.5 Å². The van der Waals surface area contributed by atoms with Crippen LogP contribution in [0.4, 0.5) is 0 Å². The summed E-state index contributed by atoms with van der Waals surface area (Å²) in [7, 11) is -1.08. The molecule has 0 aliphatic carbocycles. The maximum absolute atomic E-state index is 12.0. The van der Waals surface area contributed by atoms with Crippen LogP contribution in [0.15, 0.2) is 47.4 Å². The molecule has 2 rings (SSSR count). The second kappa shape index (κ2) is 5.23. The van der Waals surface area contributed by atoms with Crippen molar-refractivity contribution in [3.05, 3.63) is 42.5 Å². The topological polar surface area (TPSA) is 34.1 Å². The number of carbonyl (C=O) groups is 1. The predicted molar refractivity (Wildman–Crippen MR) is 70.5 cm³/mol. The molecule has 3 heteroatoms. The molecule has 0 N–H and O–H groups in total. The molecule has 0 fully saturated rings. The molecule has 0 aromatic heterocycles. The van der Waals surface area contributed by atoms with Crippen LogP contribution in [0.3, 0.4) is 0 Å². The normalized spacial score (nSPS) is 12.5. The van der Waals surface area contributed by atoms with Gasteiger partial charge in [0.05, 0.1) is 10.8 Å². The number of hydrogen-bond acceptors (Lipinski definition) is 2. The first kappa shape index (κ1) is 12.0. The minimum absolute atomic E-state index is 0.0825. The lowest BCUT2D eigenvalue weighted by atomic mass is 10.1. The van der Waals surface area contributed by atoms with Gasteiger partial charge in [-0.05, 0) is 29.8 Å². The molecule has 2 nitrogen and oxygen atoms in total. The van der Waals surface area contributed by atoms with Crippen LogP contribution in [-0.2, 0) is 15.6 Å². The maximum Gasteiger partial charge on any atom is 0.130 e. The minimum atomic E-state index is -1.08. The smallest absolute Gasteiger partial charge is 0.130 e. The second-order valence-corrected chi connectivity index (χ2v) is 5.58. The molecule has 17 heavy (non-hydrogen) atoms. The number of ketones is 1. The molecule has 0 saturated heterocycles. The summed E-state index contributed by atoms with van der Waals surface area (Å²) in [5.41, 5.74) is 0. The van der Waals surface area contributed by atoms with E-state index in [1.54, 1.807) is 0 Å². The van der Waals surface area contributed by atoms with Crippen molar-refractivity contribution in [1.82, 2.24) is 0 Å². The van der Waals surface area contributed by atoms with Gasteiger partial charge >= 0.3 is 0 Å². The van der Waals surface area contributed by atoms with Gasteiger partial charge in [0, 0.05) is 17.1 Å². The van der Waals surface area contributed by atoms with Crippen LogP contribution in [0.1, 0.15) is 13.3 Å². The van der Waals surface area contributed by atoms with Gasteiger partial charge in [-0.2, -0.15) is 0 Å². The molecule has 2 aromatic carbocycles. The third-order valence-corrected chi connectivity index (χ3v) is 3.98. The monoisotopic (exact) mass is 246 g/mol. The average molecular weight is 246 g/mol. The van der Waals surface area contributed by atoms with Crippen LogP contribution in [0, 0.1) is 0 Å². The molecule has 1 unspecified atom stereocenters. The summed E-state index contributed by atoms with van der Waals surface area (Å²) < 4.78 is 12.0. The summed E-state index contributed by atoms with van der Waals surface area (Å²) in [5.74, 6) is 0.493. The first-order valence-electron chi connectivity index (χ1n) is 5.53. The van der Waals surface area contributed by atoms with E-state index >= 15 is 0 Å². The van der Waals surface area contributed by atoms with Gasteiger partial charge in [0.1, 0.15) is 5.78 Å². The Kier molecular flexibility index (Phi) is 3.69. The molecule has 0 aliphatic rings. The summed E-state index contributed by atoms with van der Waals surface area (Å²) in [4.78, 5) is 11.7. The van der Waals surface area contributed by atoms with Crippen molar-refractivity contribution in [2.45, 2.75) is 18.2 Å². The van der Waals surface area contributed by atoms with Crippen LogP contribution in [0.5, 0.6) is 0 Å². The molecule has 0 bridgehead atoms.